The van der Waals surface area contributed by atoms with E-state index in [9.17, 15) is 9.59 Å². The number of ether oxygens (including phenoxy) is 3. The maximum Gasteiger partial charge on any atom is 0.282 e. The second-order valence-corrected chi connectivity index (χ2v) is 8.18. The molecule has 3 aromatic carbocycles. The molecule has 1 aliphatic heterocycles. The van der Waals surface area contributed by atoms with Gasteiger partial charge in [0.05, 0.1) is 22.3 Å². The molecule has 35 heavy (non-hydrogen) atoms. The van der Waals surface area contributed by atoms with Crippen LogP contribution < -0.4 is 24.6 Å². The summed E-state index contributed by atoms with van der Waals surface area (Å²) in [6.07, 6.45) is 1.47. The largest absolute Gasteiger partial charge is 0.490 e. The minimum Gasteiger partial charge on any atom is -0.490 e. The summed E-state index contributed by atoms with van der Waals surface area (Å²) in [6.45, 7) is 2.62. The van der Waals surface area contributed by atoms with Crippen molar-refractivity contribution in [3.63, 3.8) is 0 Å². The molecule has 0 atom stereocenters. The maximum absolute atomic E-state index is 12.9. The lowest BCUT2D eigenvalue weighted by molar-refractivity contribution is -0.117. The molecular weight excluding hydrogens is 491 g/mol. The van der Waals surface area contributed by atoms with Crippen LogP contribution in [0.25, 0.3) is 6.08 Å². The SMILES string of the molecule is CCOc1cc(C=C2C(=O)NN(c3ccccc3)C2=O)cc(Cl)c1OCCOc1ccccc1Cl. The van der Waals surface area contributed by atoms with Crippen LogP contribution in [0.3, 0.4) is 0 Å². The average molecular weight is 513 g/mol. The van der Waals surface area contributed by atoms with Gasteiger partial charge in [0.2, 0.25) is 0 Å². The normalized spacial score (nSPS) is 14.3. The first-order valence-corrected chi connectivity index (χ1v) is 11.6. The molecule has 180 valence electrons. The minimum atomic E-state index is -0.509. The molecule has 1 fully saturated rings. The number of rotatable bonds is 9. The summed E-state index contributed by atoms with van der Waals surface area (Å²) in [6, 6.07) is 19.3. The number of hydrazine groups is 1. The first kappa shape index (κ1) is 24.4. The van der Waals surface area contributed by atoms with E-state index in [-0.39, 0.29) is 23.8 Å². The molecule has 0 bridgehead atoms. The van der Waals surface area contributed by atoms with Crippen LogP contribution in [0.1, 0.15) is 12.5 Å². The Balaban J connectivity index is 1.50. The molecule has 9 heteroatoms. The first-order chi connectivity index (χ1) is 17.0. The third-order valence-electron chi connectivity index (χ3n) is 4.97. The molecule has 0 aliphatic carbocycles. The van der Waals surface area contributed by atoms with Crippen molar-refractivity contribution in [2.75, 3.05) is 24.8 Å². The number of hydrogen-bond donors (Lipinski definition) is 1. The first-order valence-electron chi connectivity index (χ1n) is 10.9. The number of carbonyl (C=O) groups excluding carboxylic acids is 2. The van der Waals surface area contributed by atoms with Crippen molar-refractivity contribution in [2.24, 2.45) is 0 Å². The molecule has 4 rings (SSSR count). The van der Waals surface area contributed by atoms with Gasteiger partial charge in [0.1, 0.15) is 24.5 Å². The Bertz CT molecular complexity index is 1260. The molecule has 0 radical (unpaired) electrons. The fraction of sp³-hybridized carbons (Fsp3) is 0.154. The summed E-state index contributed by atoms with van der Waals surface area (Å²) < 4.78 is 17.2. The third-order valence-corrected chi connectivity index (χ3v) is 5.57. The highest BCUT2D eigenvalue weighted by Gasteiger charge is 2.34. The number of anilines is 1. The van der Waals surface area contributed by atoms with Crippen LogP contribution in [0.5, 0.6) is 17.2 Å². The predicted octanol–water partition coefficient (Wildman–Crippen LogP) is 5.31. The van der Waals surface area contributed by atoms with E-state index in [1.807, 2.05) is 25.1 Å². The molecule has 1 aliphatic rings. The molecule has 3 aromatic rings. The number of amides is 2. The van der Waals surface area contributed by atoms with Gasteiger partial charge in [-0.25, -0.2) is 5.01 Å². The van der Waals surface area contributed by atoms with Gasteiger partial charge in [-0.2, -0.15) is 0 Å². The number of halogens is 2. The molecule has 0 aromatic heterocycles. The van der Waals surface area contributed by atoms with Gasteiger partial charge in [-0.05, 0) is 55.0 Å². The predicted molar refractivity (Wildman–Crippen MR) is 135 cm³/mol. The van der Waals surface area contributed by atoms with E-state index >= 15 is 0 Å². The van der Waals surface area contributed by atoms with Gasteiger partial charge in [0.25, 0.3) is 11.8 Å². The Kier molecular flexibility index (Phi) is 7.80. The average Bonchev–Trinajstić information content (AvgIpc) is 3.13. The van der Waals surface area contributed by atoms with Gasteiger partial charge < -0.3 is 14.2 Å². The molecule has 7 nitrogen and oxygen atoms in total. The summed E-state index contributed by atoms with van der Waals surface area (Å²) >= 11 is 12.6. The third kappa shape index (κ3) is 5.70. The Morgan fingerprint density at radius 3 is 2.31 bits per heavy atom. The van der Waals surface area contributed by atoms with E-state index in [4.69, 9.17) is 37.4 Å². The van der Waals surface area contributed by atoms with Crippen molar-refractivity contribution in [2.45, 2.75) is 6.92 Å². The van der Waals surface area contributed by atoms with Crippen molar-refractivity contribution >= 4 is 46.8 Å². The molecule has 1 saturated heterocycles. The van der Waals surface area contributed by atoms with E-state index in [2.05, 4.69) is 5.43 Å². The zero-order valence-electron chi connectivity index (χ0n) is 18.8. The number of benzene rings is 3. The molecule has 2 amide bonds. The molecule has 1 N–H and O–H groups in total. The number of hydrogen-bond acceptors (Lipinski definition) is 5. The topological polar surface area (TPSA) is 77.1 Å². The zero-order chi connectivity index (χ0) is 24.8. The van der Waals surface area contributed by atoms with Crippen molar-refractivity contribution < 1.29 is 23.8 Å². The molecule has 0 spiro atoms. The summed E-state index contributed by atoms with van der Waals surface area (Å²) in [5.41, 5.74) is 3.63. The van der Waals surface area contributed by atoms with Crippen LogP contribution in [-0.2, 0) is 9.59 Å². The van der Waals surface area contributed by atoms with Gasteiger partial charge in [-0.1, -0.05) is 53.5 Å². The lowest BCUT2D eigenvalue weighted by atomic mass is 10.1. The lowest BCUT2D eigenvalue weighted by Gasteiger charge is -2.15. The number of para-hydroxylation sites is 2. The van der Waals surface area contributed by atoms with Crippen LogP contribution >= 0.6 is 23.2 Å². The van der Waals surface area contributed by atoms with Crippen molar-refractivity contribution in [1.82, 2.24) is 5.43 Å². The van der Waals surface area contributed by atoms with Gasteiger partial charge in [-0.15, -0.1) is 0 Å². The Labute approximate surface area is 212 Å². The monoisotopic (exact) mass is 512 g/mol. The maximum atomic E-state index is 12.9. The van der Waals surface area contributed by atoms with E-state index in [0.29, 0.717) is 40.1 Å². The highest BCUT2D eigenvalue weighted by atomic mass is 35.5. The van der Waals surface area contributed by atoms with E-state index in [1.165, 1.54) is 11.1 Å². The molecule has 1 heterocycles. The van der Waals surface area contributed by atoms with Crippen LogP contribution in [0.2, 0.25) is 10.0 Å². The zero-order valence-corrected chi connectivity index (χ0v) is 20.3. The smallest absolute Gasteiger partial charge is 0.282 e. The van der Waals surface area contributed by atoms with Crippen LogP contribution in [0.15, 0.2) is 72.3 Å². The number of nitrogens with one attached hydrogen (secondary N) is 1. The highest BCUT2D eigenvalue weighted by Crippen LogP contribution is 2.37. The fourth-order valence-corrected chi connectivity index (χ4v) is 3.88. The quantitative estimate of drug-likeness (QED) is 0.238. The van der Waals surface area contributed by atoms with Crippen LogP contribution in [0, 0.1) is 0 Å². The Hall–Kier alpha value is -3.68. The molecule has 0 unspecified atom stereocenters. The summed E-state index contributed by atoms with van der Waals surface area (Å²) in [5.74, 6) is 0.305. The van der Waals surface area contributed by atoms with E-state index in [0.717, 1.165) is 0 Å². The second kappa shape index (κ2) is 11.2. The van der Waals surface area contributed by atoms with Gasteiger partial charge in [-0.3, -0.25) is 15.0 Å². The van der Waals surface area contributed by atoms with Crippen LogP contribution in [0.4, 0.5) is 5.69 Å². The summed E-state index contributed by atoms with van der Waals surface area (Å²) in [5, 5.41) is 1.98. The van der Waals surface area contributed by atoms with Gasteiger partial charge >= 0.3 is 0 Å². The fourth-order valence-electron chi connectivity index (χ4n) is 3.41. The second-order valence-electron chi connectivity index (χ2n) is 7.37. The highest BCUT2D eigenvalue weighted by molar-refractivity contribution is 6.33. The van der Waals surface area contributed by atoms with Gasteiger partial charge in [0.15, 0.2) is 11.5 Å². The van der Waals surface area contributed by atoms with Crippen molar-refractivity contribution in [3.05, 3.63) is 87.9 Å². The van der Waals surface area contributed by atoms with Crippen molar-refractivity contribution in [1.29, 1.82) is 0 Å². The van der Waals surface area contributed by atoms with E-state index < -0.39 is 11.8 Å². The number of nitrogens with zero attached hydrogens (tertiary/aromatic N) is 1. The van der Waals surface area contributed by atoms with Gasteiger partial charge in [0, 0.05) is 0 Å². The van der Waals surface area contributed by atoms with Crippen molar-refractivity contribution in [3.8, 4) is 17.2 Å². The number of carbonyl (C=O) groups is 2. The minimum absolute atomic E-state index is 0.0193. The van der Waals surface area contributed by atoms with E-state index in [1.54, 1.807) is 48.5 Å². The van der Waals surface area contributed by atoms with Crippen LogP contribution in [-0.4, -0.2) is 31.6 Å². The molecular formula is C26H22Cl2N2O5. The Morgan fingerprint density at radius 2 is 1.57 bits per heavy atom. The lowest BCUT2D eigenvalue weighted by Crippen LogP contribution is -2.35. The Morgan fingerprint density at radius 1 is 0.857 bits per heavy atom. The summed E-state index contributed by atoms with van der Waals surface area (Å²) in [4.78, 5) is 25.4. The standard InChI is InChI=1S/C26H22Cl2N2O5/c1-2-33-23-16-17(14-19-25(31)29-30(26(19)32)18-8-4-3-5-9-18)15-21(28)24(23)35-13-12-34-22-11-7-6-10-20(22)27/h3-11,14-16H,2,12-13H2,1H3,(H,29,31). The summed E-state index contributed by atoms with van der Waals surface area (Å²) in [7, 11) is 0. The molecule has 0 saturated carbocycles.